The van der Waals surface area contributed by atoms with E-state index >= 15 is 0 Å². The van der Waals surface area contributed by atoms with Crippen molar-refractivity contribution in [2.24, 2.45) is 33.5 Å². The van der Waals surface area contributed by atoms with Gasteiger partial charge in [-0.05, 0) is 123 Å². The molecule has 7 fully saturated rings. The van der Waals surface area contributed by atoms with Crippen LogP contribution in [0.5, 0.6) is 0 Å². The maximum absolute atomic E-state index is 2.46. The third-order valence-electron chi connectivity index (χ3n) is 12.0. The summed E-state index contributed by atoms with van der Waals surface area (Å²) in [6.07, 6.45) is 31.4. The van der Waals surface area contributed by atoms with Crippen LogP contribution in [0, 0.1) is 33.5 Å². The molecule has 0 N–H and O–H groups in total. The smallest absolute Gasteiger partial charge is 0.0294 e. The Hall–Kier alpha value is 0. The lowest BCUT2D eigenvalue weighted by atomic mass is 9.50. The van der Waals surface area contributed by atoms with Gasteiger partial charge < -0.3 is 0 Å². The molecule has 7 aliphatic rings. The van der Waals surface area contributed by atoms with Crippen LogP contribution < -0.4 is 0 Å². The summed E-state index contributed by atoms with van der Waals surface area (Å²) in [6.45, 7) is 4.92. The molecular weight excluding hydrogens is 336 g/mol. The molecule has 0 saturated heterocycles. The predicted molar refractivity (Wildman–Crippen MR) is 120 cm³/mol. The first-order valence-corrected chi connectivity index (χ1v) is 13.5. The summed E-state index contributed by atoms with van der Waals surface area (Å²) in [5.74, 6) is 2.18. The zero-order chi connectivity index (χ0) is 19.3. The van der Waals surface area contributed by atoms with E-state index in [0.29, 0.717) is 0 Å². The van der Waals surface area contributed by atoms with Gasteiger partial charge in [-0.15, -0.1) is 0 Å². The summed E-state index contributed by atoms with van der Waals surface area (Å²) in [6, 6.07) is 0. The summed E-state index contributed by atoms with van der Waals surface area (Å²) in [4.78, 5) is 0. The minimum Gasteiger partial charge on any atom is -0.0649 e. The molecule has 0 heteroatoms. The van der Waals surface area contributed by atoms with Crippen LogP contribution >= 0.6 is 0 Å². The van der Waals surface area contributed by atoms with Gasteiger partial charge >= 0.3 is 0 Å². The Morgan fingerprint density at radius 2 is 0.679 bits per heavy atom. The highest BCUT2D eigenvalue weighted by atomic mass is 14.5. The van der Waals surface area contributed by atoms with Crippen LogP contribution in [0.4, 0.5) is 0 Å². The van der Waals surface area contributed by atoms with E-state index in [2.05, 4.69) is 13.8 Å². The maximum Gasteiger partial charge on any atom is -0.0294 e. The quantitative estimate of drug-likeness (QED) is 0.428. The molecular formula is C28H48. The van der Waals surface area contributed by atoms with Crippen LogP contribution in [0.1, 0.15) is 142 Å². The zero-order valence-corrected chi connectivity index (χ0v) is 19.3. The molecule has 4 bridgehead atoms. The molecule has 0 heterocycles. The van der Waals surface area contributed by atoms with Gasteiger partial charge in [-0.1, -0.05) is 52.4 Å². The highest BCUT2D eigenvalue weighted by molar-refractivity contribution is 5.01. The molecule has 0 aromatic rings. The van der Waals surface area contributed by atoms with Crippen LogP contribution in [0.15, 0.2) is 0 Å². The van der Waals surface area contributed by atoms with Crippen molar-refractivity contribution >= 4 is 0 Å². The van der Waals surface area contributed by atoms with Gasteiger partial charge in [0.15, 0.2) is 0 Å². The molecule has 0 aromatic heterocycles. The van der Waals surface area contributed by atoms with E-state index < -0.39 is 0 Å². The van der Waals surface area contributed by atoms with Crippen molar-refractivity contribution in [3.05, 3.63) is 0 Å². The second kappa shape index (κ2) is 7.30. The van der Waals surface area contributed by atoms with Crippen LogP contribution in [0.2, 0.25) is 0 Å². The first-order valence-electron chi connectivity index (χ1n) is 13.5. The first-order chi connectivity index (χ1) is 13.5. The molecule has 0 unspecified atom stereocenters. The third-order valence-corrected chi connectivity index (χ3v) is 12.0. The largest absolute Gasteiger partial charge is 0.0649 e. The monoisotopic (exact) mass is 384 g/mol. The fraction of sp³-hybridized carbons (Fsp3) is 1.00. The molecule has 160 valence electrons. The van der Waals surface area contributed by atoms with Gasteiger partial charge in [-0.2, -0.15) is 0 Å². The fourth-order valence-electron chi connectivity index (χ4n) is 9.22. The molecule has 0 nitrogen and oxygen atoms in total. The van der Waals surface area contributed by atoms with Crippen molar-refractivity contribution in [1.82, 2.24) is 0 Å². The Bertz CT molecular complexity index is 449. The van der Waals surface area contributed by atoms with Crippen LogP contribution in [-0.4, -0.2) is 0 Å². The van der Waals surface area contributed by atoms with Crippen molar-refractivity contribution in [1.29, 1.82) is 0 Å². The van der Waals surface area contributed by atoms with E-state index in [-0.39, 0.29) is 0 Å². The van der Waals surface area contributed by atoms with Crippen molar-refractivity contribution in [3.8, 4) is 0 Å². The second-order valence-electron chi connectivity index (χ2n) is 13.0. The Kier molecular flexibility index (Phi) is 5.20. The fourth-order valence-corrected chi connectivity index (χ4v) is 9.22. The molecule has 0 amide bonds. The molecule has 0 aromatic carbocycles. The third kappa shape index (κ3) is 3.51. The molecule has 7 aliphatic carbocycles. The number of rotatable bonds is 6. The topological polar surface area (TPSA) is 0 Å². The van der Waals surface area contributed by atoms with Gasteiger partial charge in [0.2, 0.25) is 0 Å². The van der Waals surface area contributed by atoms with Crippen molar-refractivity contribution in [2.45, 2.75) is 142 Å². The Labute approximate surface area is 176 Å². The number of fused-ring (bicyclic) bond motifs is 6. The molecule has 7 rings (SSSR count). The predicted octanol–water partition coefficient (Wildman–Crippen LogP) is 9.07. The second-order valence-corrected chi connectivity index (χ2v) is 13.0. The molecule has 0 spiro atoms. The van der Waals surface area contributed by atoms with Gasteiger partial charge in [-0.3, -0.25) is 0 Å². The van der Waals surface area contributed by atoms with E-state index in [4.69, 9.17) is 0 Å². The normalized spacial score (nSPS) is 50.8. The molecule has 7 saturated carbocycles. The highest BCUT2D eigenvalue weighted by Gasteiger charge is 2.50. The summed E-state index contributed by atoms with van der Waals surface area (Å²) in [5, 5.41) is 0. The Morgan fingerprint density at radius 1 is 0.429 bits per heavy atom. The standard InChI is InChI=1S/C28H48/c1-3-25-9-15-27(16-10-25,17-11-25)21-23-5-7-24(8-6-23)22-28-18-12-26(4-2,13-19-28)14-20-28/h23-24H,3-22H2,1-2H3. The van der Waals surface area contributed by atoms with Crippen molar-refractivity contribution in [3.63, 3.8) is 0 Å². The van der Waals surface area contributed by atoms with Crippen LogP contribution in [0.25, 0.3) is 0 Å². The van der Waals surface area contributed by atoms with Crippen molar-refractivity contribution < 1.29 is 0 Å². The molecule has 0 radical (unpaired) electrons. The van der Waals surface area contributed by atoms with E-state index in [0.717, 1.165) is 33.5 Å². The lowest BCUT2D eigenvalue weighted by Gasteiger charge is -2.56. The summed E-state index contributed by atoms with van der Waals surface area (Å²) < 4.78 is 0. The zero-order valence-electron chi connectivity index (χ0n) is 19.3. The summed E-state index contributed by atoms with van der Waals surface area (Å²) in [5.41, 5.74) is 3.16. The first kappa shape index (κ1) is 19.9. The van der Waals surface area contributed by atoms with Crippen LogP contribution in [-0.2, 0) is 0 Å². The molecule has 0 aliphatic heterocycles. The molecule has 0 atom stereocenters. The molecule has 28 heavy (non-hydrogen) atoms. The van der Waals surface area contributed by atoms with Crippen LogP contribution in [0.3, 0.4) is 0 Å². The number of hydrogen-bond donors (Lipinski definition) is 0. The van der Waals surface area contributed by atoms with Crippen molar-refractivity contribution in [2.75, 3.05) is 0 Å². The minimum atomic E-state index is 0.786. The van der Waals surface area contributed by atoms with Gasteiger partial charge in [-0.25, -0.2) is 0 Å². The van der Waals surface area contributed by atoms with E-state index in [1.807, 2.05) is 0 Å². The summed E-state index contributed by atoms with van der Waals surface area (Å²) in [7, 11) is 0. The van der Waals surface area contributed by atoms with E-state index in [1.165, 1.54) is 12.8 Å². The Balaban J connectivity index is 1.10. The summed E-state index contributed by atoms with van der Waals surface area (Å²) >= 11 is 0. The Morgan fingerprint density at radius 3 is 0.929 bits per heavy atom. The van der Waals surface area contributed by atoms with Gasteiger partial charge in [0.25, 0.3) is 0 Å². The lowest BCUT2D eigenvalue weighted by Crippen LogP contribution is -2.43. The van der Waals surface area contributed by atoms with Gasteiger partial charge in [0.05, 0.1) is 0 Å². The lowest BCUT2D eigenvalue weighted by molar-refractivity contribution is -0.0394. The maximum atomic E-state index is 2.46. The van der Waals surface area contributed by atoms with Gasteiger partial charge in [0, 0.05) is 0 Å². The highest BCUT2D eigenvalue weighted by Crippen LogP contribution is 2.63. The number of hydrogen-bond acceptors (Lipinski definition) is 0. The van der Waals surface area contributed by atoms with E-state index in [1.54, 1.807) is 116 Å². The minimum absolute atomic E-state index is 0.786. The average Bonchev–Trinajstić information content (AvgIpc) is 2.78. The van der Waals surface area contributed by atoms with Gasteiger partial charge in [0.1, 0.15) is 0 Å². The SMILES string of the molecule is CCC12CCC(CC3CCC(CC45CCC(CC)(CC4)CC5)CC3)(CC1)CC2. The van der Waals surface area contributed by atoms with E-state index in [9.17, 15) is 0 Å². The average molecular weight is 385 g/mol.